The van der Waals surface area contributed by atoms with Crippen LogP contribution in [0.3, 0.4) is 0 Å². The molecule has 0 aliphatic heterocycles. The van der Waals surface area contributed by atoms with Crippen molar-refractivity contribution in [2.24, 2.45) is 11.1 Å². The van der Waals surface area contributed by atoms with Crippen molar-refractivity contribution in [2.75, 3.05) is 6.54 Å². The fraction of sp³-hybridized carbons (Fsp3) is 0.400. The summed E-state index contributed by atoms with van der Waals surface area (Å²) in [6.07, 6.45) is 1.36. The molecule has 0 saturated carbocycles. The van der Waals surface area contributed by atoms with Crippen LogP contribution in [0.25, 0.3) is 0 Å². The van der Waals surface area contributed by atoms with Gasteiger partial charge in [-0.05, 0) is 17.7 Å². The molecule has 6 heteroatoms. The maximum Gasteiger partial charge on any atom is 0.256 e. The van der Waals surface area contributed by atoms with Gasteiger partial charge in [-0.2, -0.15) is 0 Å². The predicted octanol–water partition coefficient (Wildman–Crippen LogP) is 1.98. The first kappa shape index (κ1) is 13.0. The second-order valence-corrected chi connectivity index (χ2v) is 4.82. The highest BCUT2D eigenvalue weighted by molar-refractivity contribution is 7.80. The third-order valence-corrected chi connectivity index (χ3v) is 3.07. The summed E-state index contributed by atoms with van der Waals surface area (Å²) in [5.41, 5.74) is 5.42. The number of nitrogens with one attached hydrogen (secondary N) is 1. The molecule has 0 spiro atoms. The lowest BCUT2D eigenvalue weighted by atomic mass is 9.93. The summed E-state index contributed by atoms with van der Waals surface area (Å²) in [6, 6.07) is 1.51. The Morgan fingerprint density at radius 1 is 1.69 bits per heavy atom. The van der Waals surface area contributed by atoms with Gasteiger partial charge in [0.25, 0.3) is 5.91 Å². The molecule has 0 unspecified atom stereocenters. The van der Waals surface area contributed by atoms with E-state index in [9.17, 15) is 4.79 Å². The number of thiocarbonyl (C=S) groups is 1. The Labute approximate surface area is 104 Å². The van der Waals surface area contributed by atoms with E-state index in [1.807, 2.05) is 13.8 Å². The summed E-state index contributed by atoms with van der Waals surface area (Å²) >= 11 is 10.6. The monoisotopic (exact) mass is 260 g/mol. The van der Waals surface area contributed by atoms with E-state index in [-0.39, 0.29) is 11.1 Å². The fourth-order valence-corrected chi connectivity index (χ4v) is 1.21. The van der Waals surface area contributed by atoms with Gasteiger partial charge in [-0.15, -0.1) is 0 Å². The lowest BCUT2D eigenvalue weighted by Gasteiger charge is -2.23. The maximum absolute atomic E-state index is 11.7. The van der Waals surface area contributed by atoms with Crippen molar-refractivity contribution >= 4 is 34.7 Å². The SMILES string of the molecule is CC(C)(CNC(=O)c1ccoc1Cl)C(N)=S. The van der Waals surface area contributed by atoms with Crippen LogP contribution in [0.15, 0.2) is 16.7 Å². The summed E-state index contributed by atoms with van der Waals surface area (Å²) in [5.74, 6) is -0.303. The number of carbonyl (C=O) groups excluding carboxylic acids is 1. The van der Waals surface area contributed by atoms with E-state index in [0.29, 0.717) is 17.1 Å². The highest BCUT2D eigenvalue weighted by atomic mass is 35.5. The Kier molecular flexibility index (Phi) is 3.93. The van der Waals surface area contributed by atoms with E-state index < -0.39 is 5.41 Å². The van der Waals surface area contributed by atoms with Gasteiger partial charge in [0.2, 0.25) is 5.22 Å². The number of carbonyl (C=O) groups is 1. The molecule has 1 heterocycles. The van der Waals surface area contributed by atoms with Crippen molar-refractivity contribution in [3.63, 3.8) is 0 Å². The van der Waals surface area contributed by atoms with Crippen molar-refractivity contribution in [1.82, 2.24) is 5.32 Å². The van der Waals surface area contributed by atoms with E-state index >= 15 is 0 Å². The molecule has 16 heavy (non-hydrogen) atoms. The van der Waals surface area contributed by atoms with Gasteiger partial charge >= 0.3 is 0 Å². The summed E-state index contributed by atoms with van der Waals surface area (Å²) in [7, 11) is 0. The molecular weight excluding hydrogens is 248 g/mol. The van der Waals surface area contributed by atoms with Crippen LogP contribution in [0.2, 0.25) is 5.22 Å². The number of rotatable bonds is 4. The van der Waals surface area contributed by atoms with Crippen molar-refractivity contribution in [1.29, 1.82) is 0 Å². The quantitative estimate of drug-likeness (QED) is 0.813. The van der Waals surface area contributed by atoms with E-state index in [1.165, 1.54) is 12.3 Å². The molecule has 1 aromatic rings. The second kappa shape index (κ2) is 4.84. The van der Waals surface area contributed by atoms with Crippen LogP contribution in [0.4, 0.5) is 0 Å². The summed E-state index contributed by atoms with van der Waals surface area (Å²) in [6.45, 7) is 4.06. The Bertz CT molecular complexity index is 415. The Hall–Kier alpha value is -1.07. The third kappa shape index (κ3) is 2.96. The van der Waals surface area contributed by atoms with Crippen molar-refractivity contribution in [3.8, 4) is 0 Å². The van der Waals surface area contributed by atoms with Crippen molar-refractivity contribution in [3.05, 3.63) is 23.1 Å². The summed E-state index contributed by atoms with van der Waals surface area (Å²) in [5, 5.41) is 2.77. The molecule has 0 radical (unpaired) electrons. The van der Waals surface area contributed by atoms with Gasteiger partial charge in [0, 0.05) is 12.0 Å². The van der Waals surface area contributed by atoms with Gasteiger partial charge in [0.15, 0.2) is 0 Å². The van der Waals surface area contributed by atoms with Gasteiger partial charge in [-0.1, -0.05) is 26.1 Å². The average molecular weight is 261 g/mol. The van der Waals surface area contributed by atoms with Gasteiger partial charge in [-0.25, -0.2) is 0 Å². The first-order valence-electron chi connectivity index (χ1n) is 4.65. The number of nitrogens with two attached hydrogens (primary N) is 1. The normalized spacial score (nSPS) is 11.2. The number of furan rings is 1. The predicted molar refractivity (Wildman–Crippen MR) is 66.6 cm³/mol. The van der Waals surface area contributed by atoms with E-state index in [1.54, 1.807) is 0 Å². The standard InChI is InChI=1S/C10H13ClN2O2S/c1-10(2,9(12)16)5-13-8(14)6-3-4-15-7(6)11/h3-4H,5H2,1-2H3,(H2,12,16)(H,13,14). The minimum atomic E-state index is -0.429. The Balaban J connectivity index is 2.61. The highest BCUT2D eigenvalue weighted by Crippen LogP contribution is 2.18. The zero-order chi connectivity index (χ0) is 12.3. The zero-order valence-electron chi connectivity index (χ0n) is 9.04. The fourth-order valence-electron chi connectivity index (χ4n) is 0.939. The molecule has 1 aromatic heterocycles. The second-order valence-electron chi connectivity index (χ2n) is 4.04. The van der Waals surface area contributed by atoms with Crippen LogP contribution in [0.5, 0.6) is 0 Å². The average Bonchev–Trinajstić information content (AvgIpc) is 2.61. The molecule has 0 aliphatic rings. The number of hydrogen-bond acceptors (Lipinski definition) is 3. The largest absolute Gasteiger partial charge is 0.452 e. The van der Waals surface area contributed by atoms with E-state index in [2.05, 4.69) is 5.32 Å². The maximum atomic E-state index is 11.7. The molecule has 0 saturated heterocycles. The van der Waals surface area contributed by atoms with Crippen LogP contribution >= 0.6 is 23.8 Å². The topological polar surface area (TPSA) is 68.3 Å². The first-order chi connectivity index (χ1) is 7.34. The van der Waals surface area contributed by atoms with E-state index in [0.717, 1.165) is 0 Å². The van der Waals surface area contributed by atoms with Gasteiger partial charge < -0.3 is 15.5 Å². The molecule has 3 N–H and O–H groups in total. The zero-order valence-corrected chi connectivity index (χ0v) is 10.6. The smallest absolute Gasteiger partial charge is 0.256 e. The minimum absolute atomic E-state index is 0.0747. The van der Waals surface area contributed by atoms with Crippen LogP contribution in [0, 0.1) is 5.41 Å². The first-order valence-corrected chi connectivity index (χ1v) is 5.44. The molecule has 0 atom stereocenters. The molecule has 0 bridgehead atoms. The third-order valence-electron chi connectivity index (χ3n) is 2.22. The van der Waals surface area contributed by atoms with Crippen molar-refractivity contribution < 1.29 is 9.21 Å². The van der Waals surface area contributed by atoms with Crippen molar-refractivity contribution in [2.45, 2.75) is 13.8 Å². The molecule has 4 nitrogen and oxygen atoms in total. The lowest BCUT2D eigenvalue weighted by Crippen LogP contribution is -2.41. The molecule has 1 rings (SSSR count). The van der Waals surface area contributed by atoms with Crippen LogP contribution in [0.1, 0.15) is 24.2 Å². The van der Waals surface area contributed by atoms with E-state index in [4.69, 9.17) is 34.0 Å². The summed E-state index contributed by atoms with van der Waals surface area (Å²) < 4.78 is 4.82. The van der Waals surface area contributed by atoms with Crippen LogP contribution in [-0.4, -0.2) is 17.4 Å². The number of halogens is 1. The molecule has 88 valence electrons. The summed E-state index contributed by atoms with van der Waals surface area (Å²) in [4.78, 5) is 12.0. The molecule has 0 fully saturated rings. The number of amides is 1. The molecular formula is C10H13ClN2O2S. The Morgan fingerprint density at radius 3 is 2.75 bits per heavy atom. The molecule has 0 aliphatic carbocycles. The van der Waals surface area contributed by atoms with Crippen LogP contribution < -0.4 is 11.1 Å². The highest BCUT2D eigenvalue weighted by Gasteiger charge is 2.23. The number of hydrogen-bond donors (Lipinski definition) is 2. The minimum Gasteiger partial charge on any atom is -0.452 e. The van der Waals surface area contributed by atoms with Gasteiger partial charge in [0.1, 0.15) is 0 Å². The van der Waals surface area contributed by atoms with Gasteiger partial charge in [0.05, 0.1) is 16.8 Å². The molecule has 1 amide bonds. The Morgan fingerprint density at radius 2 is 2.31 bits per heavy atom. The van der Waals surface area contributed by atoms with Crippen LogP contribution in [-0.2, 0) is 0 Å². The lowest BCUT2D eigenvalue weighted by molar-refractivity contribution is 0.0944. The molecule has 0 aromatic carbocycles. The van der Waals surface area contributed by atoms with Gasteiger partial charge in [-0.3, -0.25) is 4.79 Å².